The average molecular weight is 421 g/mol. The summed E-state index contributed by atoms with van der Waals surface area (Å²) in [4.78, 5) is 16.2. The van der Waals surface area contributed by atoms with Gasteiger partial charge in [-0.15, -0.1) is 0 Å². The highest BCUT2D eigenvalue weighted by atomic mass is 79.9. The summed E-state index contributed by atoms with van der Waals surface area (Å²) in [5.41, 5.74) is 9.77. The average Bonchev–Trinajstić information content (AvgIpc) is 2.92. The Labute approximate surface area is 157 Å². The van der Waals surface area contributed by atoms with Gasteiger partial charge in [-0.05, 0) is 48.9 Å². The van der Waals surface area contributed by atoms with Crippen molar-refractivity contribution >= 4 is 27.8 Å². The van der Waals surface area contributed by atoms with Crippen LogP contribution in [0.1, 0.15) is 11.3 Å². The van der Waals surface area contributed by atoms with Crippen LogP contribution in [-0.2, 0) is 16.1 Å². The molecule has 2 aromatic carbocycles. The molecule has 134 valence electrons. The molecule has 4 nitrogen and oxygen atoms in total. The monoisotopic (exact) mass is 420 g/mol. The predicted molar refractivity (Wildman–Crippen MR) is 97.2 cm³/mol. The van der Waals surface area contributed by atoms with Crippen molar-refractivity contribution in [1.82, 2.24) is 4.57 Å². The fraction of sp³-hybridized carbons (Fsp3) is 0.105. The molecule has 3 rings (SSSR count). The fourth-order valence-electron chi connectivity index (χ4n) is 2.55. The second-order valence-corrected chi connectivity index (χ2v) is 6.46. The summed E-state index contributed by atoms with van der Waals surface area (Å²) in [6.07, 6.45) is 2.10. The first-order valence-electron chi connectivity index (χ1n) is 7.51. The quantitative estimate of drug-likeness (QED) is 0.631. The number of benzene rings is 2. The number of nitrogens with two attached hydrogens (primary N) is 1. The zero-order valence-corrected chi connectivity index (χ0v) is 15.4. The SMILES string of the molecule is Cc1cc(-c2ccc(F)cc2F)cn1Cc1cc(Br)ccc1N.O=C=O. The maximum atomic E-state index is 13.9. The van der Waals surface area contributed by atoms with Crippen LogP contribution < -0.4 is 5.73 Å². The van der Waals surface area contributed by atoms with Gasteiger partial charge < -0.3 is 10.3 Å². The summed E-state index contributed by atoms with van der Waals surface area (Å²) in [6.45, 7) is 2.53. The number of hydrogen-bond acceptors (Lipinski definition) is 3. The van der Waals surface area contributed by atoms with E-state index in [1.165, 1.54) is 12.1 Å². The van der Waals surface area contributed by atoms with E-state index in [0.717, 1.165) is 21.8 Å². The Morgan fingerprint density at radius 3 is 2.46 bits per heavy atom. The molecule has 3 aromatic rings. The molecule has 1 heterocycles. The maximum absolute atomic E-state index is 13.9. The van der Waals surface area contributed by atoms with Crippen molar-refractivity contribution in [2.75, 3.05) is 5.73 Å². The zero-order valence-electron chi connectivity index (χ0n) is 13.8. The van der Waals surface area contributed by atoms with Crippen LogP contribution in [-0.4, -0.2) is 10.7 Å². The van der Waals surface area contributed by atoms with E-state index in [0.29, 0.717) is 23.4 Å². The maximum Gasteiger partial charge on any atom is 0.373 e. The molecule has 0 aliphatic carbocycles. The van der Waals surface area contributed by atoms with Crippen molar-refractivity contribution in [3.63, 3.8) is 0 Å². The highest BCUT2D eigenvalue weighted by Crippen LogP contribution is 2.27. The molecule has 0 atom stereocenters. The summed E-state index contributed by atoms with van der Waals surface area (Å²) in [5.74, 6) is -1.14. The molecule has 2 N–H and O–H groups in total. The van der Waals surface area contributed by atoms with Crippen molar-refractivity contribution in [2.24, 2.45) is 0 Å². The van der Waals surface area contributed by atoms with Gasteiger partial charge >= 0.3 is 6.15 Å². The van der Waals surface area contributed by atoms with E-state index in [2.05, 4.69) is 15.9 Å². The standard InChI is InChI=1S/C18H15BrF2N2.CO2/c1-11-6-12(16-4-3-15(20)8-17(16)21)9-23(11)10-13-7-14(19)2-5-18(13)22;2-1-3/h2-9H,10,22H2,1H3;. The molecule has 0 unspecified atom stereocenters. The van der Waals surface area contributed by atoms with Gasteiger partial charge in [0.25, 0.3) is 0 Å². The van der Waals surface area contributed by atoms with Gasteiger partial charge in [-0.2, -0.15) is 9.59 Å². The first-order valence-corrected chi connectivity index (χ1v) is 8.30. The molecule has 0 bridgehead atoms. The first kappa shape index (κ1) is 19.6. The van der Waals surface area contributed by atoms with Crippen LogP contribution in [0.3, 0.4) is 0 Å². The van der Waals surface area contributed by atoms with Crippen molar-refractivity contribution in [1.29, 1.82) is 0 Å². The van der Waals surface area contributed by atoms with E-state index >= 15 is 0 Å². The smallest absolute Gasteiger partial charge is 0.373 e. The summed E-state index contributed by atoms with van der Waals surface area (Å²) in [7, 11) is 0. The van der Waals surface area contributed by atoms with Crippen molar-refractivity contribution in [2.45, 2.75) is 13.5 Å². The van der Waals surface area contributed by atoms with Crippen LogP contribution in [0.5, 0.6) is 0 Å². The lowest BCUT2D eigenvalue weighted by Crippen LogP contribution is -2.03. The van der Waals surface area contributed by atoms with Gasteiger partial charge in [-0.3, -0.25) is 0 Å². The minimum atomic E-state index is -0.579. The number of nitrogen functional groups attached to an aromatic ring is 1. The fourth-order valence-corrected chi connectivity index (χ4v) is 2.96. The number of hydrogen-bond donors (Lipinski definition) is 1. The topological polar surface area (TPSA) is 65.1 Å². The molecule has 7 heteroatoms. The third-order valence-electron chi connectivity index (χ3n) is 3.80. The molecule has 0 radical (unpaired) electrons. The van der Waals surface area contributed by atoms with Crippen LogP contribution in [0.2, 0.25) is 0 Å². The molecule has 0 saturated heterocycles. The van der Waals surface area contributed by atoms with E-state index in [1.807, 2.05) is 42.0 Å². The van der Waals surface area contributed by atoms with Gasteiger partial charge in [0.2, 0.25) is 0 Å². The molecule has 0 amide bonds. The van der Waals surface area contributed by atoms with Crippen LogP contribution in [0.4, 0.5) is 14.5 Å². The third kappa shape index (κ3) is 4.65. The van der Waals surface area contributed by atoms with Crippen molar-refractivity contribution < 1.29 is 18.4 Å². The number of aromatic nitrogens is 1. The van der Waals surface area contributed by atoms with Gasteiger partial charge in [0.15, 0.2) is 0 Å². The van der Waals surface area contributed by atoms with E-state index in [4.69, 9.17) is 15.3 Å². The van der Waals surface area contributed by atoms with E-state index in [9.17, 15) is 8.78 Å². The Bertz CT molecular complexity index is 964. The number of rotatable bonds is 3. The molecule has 1 aromatic heterocycles. The number of aryl methyl sites for hydroxylation is 1. The molecule has 0 aliphatic heterocycles. The highest BCUT2D eigenvalue weighted by Gasteiger charge is 2.11. The molecule has 26 heavy (non-hydrogen) atoms. The molecular weight excluding hydrogens is 406 g/mol. The second-order valence-electron chi connectivity index (χ2n) is 5.55. The van der Waals surface area contributed by atoms with Crippen molar-refractivity contribution in [3.8, 4) is 11.1 Å². The Morgan fingerprint density at radius 1 is 1.12 bits per heavy atom. The van der Waals surface area contributed by atoms with Crippen LogP contribution in [0.15, 0.2) is 53.1 Å². The Kier molecular flexibility index (Phi) is 6.44. The van der Waals surface area contributed by atoms with Gasteiger partial charge in [-0.1, -0.05) is 15.9 Å². The number of nitrogens with zero attached hydrogens (tertiary/aromatic N) is 1. The lowest BCUT2D eigenvalue weighted by atomic mass is 10.1. The van der Waals surface area contributed by atoms with Crippen LogP contribution in [0.25, 0.3) is 11.1 Å². The third-order valence-corrected chi connectivity index (χ3v) is 4.29. The van der Waals surface area contributed by atoms with Gasteiger partial charge in [0, 0.05) is 45.8 Å². The van der Waals surface area contributed by atoms with Crippen molar-refractivity contribution in [3.05, 3.63) is 76.0 Å². The Morgan fingerprint density at radius 2 is 1.81 bits per heavy atom. The minimum absolute atomic E-state index is 0.250. The second kappa shape index (κ2) is 8.56. The number of anilines is 1. The molecule has 0 spiro atoms. The summed E-state index contributed by atoms with van der Waals surface area (Å²) >= 11 is 3.44. The lowest BCUT2D eigenvalue weighted by Gasteiger charge is -2.09. The number of halogens is 3. The van der Waals surface area contributed by atoms with E-state index in [-0.39, 0.29) is 6.15 Å². The van der Waals surface area contributed by atoms with E-state index in [1.54, 1.807) is 0 Å². The molecular formula is C19H15BrF2N2O2. The van der Waals surface area contributed by atoms with Crippen LogP contribution >= 0.6 is 15.9 Å². The summed E-state index contributed by atoms with van der Waals surface area (Å²) in [5, 5.41) is 0. The Hall–Kier alpha value is -2.76. The zero-order chi connectivity index (χ0) is 19.3. The van der Waals surface area contributed by atoms with Crippen LogP contribution in [0, 0.1) is 18.6 Å². The normalized spacial score (nSPS) is 10.0. The molecule has 0 aliphatic rings. The summed E-state index contributed by atoms with van der Waals surface area (Å²) < 4.78 is 30.0. The summed E-state index contributed by atoms with van der Waals surface area (Å²) in [6, 6.07) is 11.2. The van der Waals surface area contributed by atoms with E-state index < -0.39 is 11.6 Å². The predicted octanol–water partition coefficient (Wildman–Crippen LogP) is 4.55. The Balaban J connectivity index is 0.000000758. The molecule has 0 fully saturated rings. The first-order chi connectivity index (χ1) is 12.3. The highest BCUT2D eigenvalue weighted by molar-refractivity contribution is 9.10. The minimum Gasteiger partial charge on any atom is -0.398 e. The van der Waals surface area contributed by atoms with Gasteiger partial charge in [-0.25, -0.2) is 8.78 Å². The van der Waals surface area contributed by atoms with Gasteiger partial charge in [0.1, 0.15) is 11.6 Å². The molecule has 0 saturated carbocycles. The van der Waals surface area contributed by atoms with Gasteiger partial charge in [0.05, 0.1) is 0 Å². The lowest BCUT2D eigenvalue weighted by molar-refractivity contribution is -0.191. The largest absolute Gasteiger partial charge is 0.398 e. The number of carbonyl (C=O) groups excluding carboxylic acids is 2.